The first-order valence-electron chi connectivity index (χ1n) is 9.22. The van der Waals surface area contributed by atoms with E-state index in [4.69, 9.17) is 0 Å². The van der Waals surface area contributed by atoms with E-state index in [2.05, 4.69) is 71.4 Å². The Morgan fingerprint density at radius 2 is 1.63 bits per heavy atom. The zero-order chi connectivity index (χ0) is 17.5. The minimum Gasteiger partial charge on any atom is -0.144 e. The Balaban J connectivity index is 1.76. The van der Waals surface area contributed by atoms with Crippen LogP contribution in [0.3, 0.4) is 0 Å². The Kier molecular flexibility index (Phi) is 2.65. The number of fused-ring (bicyclic) bond motifs is 7. The number of rotatable bonds is 0. The molecule has 0 atom stereocenters. The lowest BCUT2D eigenvalue weighted by atomic mass is 9.83. The van der Waals surface area contributed by atoms with Crippen LogP contribution in [0.1, 0.15) is 11.1 Å². The van der Waals surface area contributed by atoms with E-state index in [1.54, 1.807) is 0 Å². The van der Waals surface area contributed by atoms with Gasteiger partial charge in [-0.15, -0.1) is 22.7 Å². The summed E-state index contributed by atoms with van der Waals surface area (Å²) < 4.78 is 2.78. The topological polar surface area (TPSA) is 0 Å². The molecule has 126 valence electrons. The van der Waals surface area contributed by atoms with Crippen molar-refractivity contribution >= 4 is 64.4 Å². The van der Waals surface area contributed by atoms with Crippen LogP contribution >= 0.6 is 22.7 Å². The van der Waals surface area contributed by atoms with E-state index < -0.39 is 0 Å². The highest BCUT2D eigenvalue weighted by atomic mass is 32.1. The molecule has 0 bridgehead atoms. The molecular weight excluding hydrogens is 364 g/mol. The molecule has 6 aromatic rings. The molecule has 7 rings (SSSR count). The van der Waals surface area contributed by atoms with Crippen molar-refractivity contribution in [2.24, 2.45) is 0 Å². The first kappa shape index (κ1) is 14.4. The average Bonchev–Trinajstić information content (AvgIpc) is 3.34. The molecule has 0 radical (unpaired) electrons. The predicted molar refractivity (Wildman–Crippen MR) is 120 cm³/mol. The van der Waals surface area contributed by atoms with E-state index in [0.717, 1.165) is 6.42 Å². The van der Waals surface area contributed by atoms with Gasteiger partial charge >= 0.3 is 0 Å². The van der Waals surface area contributed by atoms with E-state index in [-0.39, 0.29) is 0 Å². The lowest BCUT2D eigenvalue weighted by Crippen LogP contribution is -1.99. The number of benzene rings is 4. The highest BCUT2D eigenvalue weighted by Crippen LogP contribution is 2.47. The molecule has 0 fully saturated rings. The number of hydrogen-bond donors (Lipinski definition) is 0. The molecular formula is C25H14S2. The van der Waals surface area contributed by atoms with Crippen LogP contribution in [0.15, 0.2) is 71.4 Å². The minimum absolute atomic E-state index is 1.05. The van der Waals surface area contributed by atoms with E-state index in [0.29, 0.717) is 0 Å². The van der Waals surface area contributed by atoms with Crippen molar-refractivity contribution in [1.29, 1.82) is 0 Å². The van der Waals surface area contributed by atoms with Crippen LogP contribution in [0, 0.1) is 0 Å². The largest absolute Gasteiger partial charge is 0.144 e. The Morgan fingerprint density at radius 3 is 2.63 bits per heavy atom. The van der Waals surface area contributed by atoms with E-state index >= 15 is 0 Å². The Hall–Kier alpha value is -2.68. The lowest BCUT2D eigenvalue weighted by Gasteiger charge is -2.20. The van der Waals surface area contributed by atoms with Crippen molar-refractivity contribution in [2.45, 2.75) is 6.42 Å². The van der Waals surface area contributed by atoms with Crippen LogP contribution in [0.25, 0.3) is 52.8 Å². The standard InChI is InChI=1S/C25H14S2/c1-2-4-18-14(3-1)10-17-13-27-23-11-16-9-15-5-6-22-19(7-8-26-22)20(15)12-21(16)25(18)24(17)23/h1-9,11-13H,10H2. The van der Waals surface area contributed by atoms with Crippen LogP contribution in [-0.4, -0.2) is 0 Å². The van der Waals surface area contributed by atoms with Crippen molar-refractivity contribution in [3.63, 3.8) is 0 Å². The summed E-state index contributed by atoms with van der Waals surface area (Å²) in [4.78, 5) is 0. The first-order valence-corrected chi connectivity index (χ1v) is 11.0. The normalized spacial score (nSPS) is 13.0. The number of hydrogen-bond acceptors (Lipinski definition) is 2. The van der Waals surface area contributed by atoms with Crippen LogP contribution in [0.5, 0.6) is 0 Å². The molecule has 0 unspecified atom stereocenters. The van der Waals surface area contributed by atoms with Gasteiger partial charge in [0.15, 0.2) is 0 Å². The summed E-state index contributed by atoms with van der Waals surface area (Å²) >= 11 is 3.71. The highest BCUT2D eigenvalue weighted by molar-refractivity contribution is 7.17. The van der Waals surface area contributed by atoms with Gasteiger partial charge in [0.2, 0.25) is 0 Å². The number of thiophene rings is 2. The second-order valence-electron chi connectivity index (χ2n) is 7.41. The van der Waals surface area contributed by atoms with Crippen LogP contribution in [0.4, 0.5) is 0 Å². The van der Waals surface area contributed by atoms with Gasteiger partial charge in [-0.05, 0) is 91.3 Å². The van der Waals surface area contributed by atoms with E-state index in [1.807, 2.05) is 22.7 Å². The Labute approximate surface area is 164 Å². The molecule has 1 aliphatic rings. The quantitative estimate of drug-likeness (QED) is 0.235. The van der Waals surface area contributed by atoms with Crippen LogP contribution in [0.2, 0.25) is 0 Å². The van der Waals surface area contributed by atoms with Gasteiger partial charge in [-0.1, -0.05) is 30.3 Å². The molecule has 2 aromatic heterocycles. The summed E-state index contributed by atoms with van der Waals surface area (Å²) in [5.41, 5.74) is 5.79. The molecule has 2 heteroatoms. The van der Waals surface area contributed by atoms with Gasteiger partial charge in [-0.25, -0.2) is 0 Å². The van der Waals surface area contributed by atoms with Crippen LogP contribution < -0.4 is 0 Å². The van der Waals surface area contributed by atoms with Gasteiger partial charge in [0.1, 0.15) is 0 Å². The second kappa shape index (κ2) is 4.98. The molecule has 0 saturated carbocycles. The maximum atomic E-state index is 2.44. The zero-order valence-corrected chi connectivity index (χ0v) is 16.1. The maximum Gasteiger partial charge on any atom is 0.0358 e. The Bertz CT molecular complexity index is 1550. The average molecular weight is 379 g/mol. The zero-order valence-electron chi connectivity index (χ0n) is 14.5. The van der Waals surface area contributed by atoms with Crippen LogP contribution in [-0.2, 0) is 6.42 Å². The molecule has 0 saturated heterocycles. The maximum absolute atomic E-state index is 2.44. The van der Waals surface area contributed by atoms with Crippen molar-refractivity contribution in [1.82, 2.24) is 0 Å². The van der Waals surface area contributed by atoms with Gasteiger partial charge in [0.05, 0.1) is 0 Å². The van der Waals surface area contributed by atoms with Crippen molar-refractivity contribution < 1.29 is 0 Å². The third-order valence-electron chi connectivity index (χ3n) is 5.99. The smallest absolute Gasteiger partial charge is 0.0358 e. The summed E-state index contributed by atoms with van der Waals surface area (Å²) in [5, 5.41) is 12.9. The van der Waals surface area contributed by atoms with Gasteiger partial charge in [0, 0.05) is 20.2 Å². The highest BCUT2D eigenvalue weighted by Gasteiger charge is 2.22. The first-order chi connectivity index (χ1) is 13.4. The van der Waals surface area contributed by atoms with Gasteiger partial charge in [-0.3, -0.25) is 0 Å². The molecule has 27 heavy (non-hydrogen) atoms. The summed E-state index contributed by atoms with van der Waals surface area (Å²) in [5.74, 6) is 0. The molecule has 0 amide bonds. The SMILES string of the molecule is c1ccc2c(c1)Cc1csc3cc4cc5ccc6sccc6c5cc4c-2c13. The molecule has 2 heterocycles. The lowest BCUT2D eigenvalue weighted by molar-refractivity contribution is 1.21. The van der Waals surface area contributed by atoms with Gasteiger partial charge in [0.25, 0.3) is 0 Å². The van der Waals surface area contributed by atoms with Gasteiger partial charge in [-0.2, -0.15) is 0 Å². The third kappa shape index (κ3) is 1.82. The van der Waals surface area contributed by atoms with E-state index in [1.165, 1.54) is 64.0 Å². The molecule has 4 aromatic carbocycles. The summed E-state index contributed by atoms with van der Waals surface area (Å²) in [6, 6.07) is 23.0. The molecule has 0 spiro atoms. The van der Waals surface area contributed by atoms with Crippen molar-refractivity contribution in [3.05, 3.63) is 82.6 Å². The molecule has 0 nitrogen and oxygen atoms in total. The summed E-state index contributed by atoms with van der Waals surface area (Å²) in [6.45, 7) is 0. The fourth-order valence-corrected chi connectivity index (χ4v) is 6.61. The second-order valence-corrected chi connectivity index (χ2v) is 9.27. The fraction of sp³-hybridized carbons (Fsp3) is 0.0400. The molecule has 0 N–H and O–H groups in total. The summed E-state index contributed by atoms with van der Waals surface area (Å²) in [6.07, 6.45) is 1.05. The summed E-state index contributed by atoms with van der Waals surface area (Å²) in [7, 11) is 0. The monoisotopic (exact) mass is 378 g/mol. The van der Waals surface area contributed by atoms with E-state index in [9.17, 15) is 0 Å². The fourth-order valence-electron chi connectivity index (χ4n) is 4.79. The predicted octanol–water partition coefficient (Wildman–Crippen LogP) is 7.99. The van der Waals surface area contributed by atoms with Crippen molar-refractivity contribution in [3.8, 4) is 11.1 Å². The third-order valence-corrected chi connectivity index (χ3v) is 7.85. The minimum atomic E-state index is 1.05. The molecule has 1 aliphatic carbocycles. The van der Waals surface area contributed by atoms with Crippen molar-refractivity contribution in [2.75, 3.05) is 0 Å². The van der Waals surface area contributed by atoms with Gasteiger partial charge < -0.3 is 0 Å². The Morgan fingerprint density at radius 1 is 0.667 bits per heavy atom. The molecule has 0 aliphatic heterocycles.